The van der Waals surface area contributed by atoms with Crippen LogP contribution in [0.5, 0.6) is 0 Å². The molecule has 0 amide bonds. The summed E-state index contributed by atoms with van der Waals surface area (Å²) in [5.41, 5.74) is 1.46. The second-order valence-corrected chi connectivity index (χ2v) is 6.34. The zero-order valence-electron chi connectivity index (χ0n) is 15.7. The number of carbonyl (C=O) groups is 1. The van der Waals surface area contributed by atoms with E-state index in [1.54, 1.807) is 7.11 Å². The van der Waals surface area contributed by atoms with E-state index < -0.39 is 0 Å². The highest BCUT2D eigenvalue weighted by Gasteiger charge is 2.00. The molecule has 0 aliphatic heterocycles. The molecule has 0 spiro atoms. The van der Waals surface area contributed by atoms with Gasteiger partial charge in [-0.25, -0.2) is 0 Å². The van der Waals surface area contributed by atoms with Crippen molar-refractivity contribution in [3.05, 3.63) is 11.6 Å². The molecule has 0 aliphatic carbocycles. The Kier molecular flexibility index (Phi) is 16.9. The van der Waals surface area contributed by atoms with Crippen molar-refractivity contribution >= 4 is 5.97 Å². The van der Waals surface area contributed by atoms with Gasteiger partial charge >= 0.3 is 5.97 Å². The summed E-state index contributed by atoms with van der Waals surface area (Å²) >= 11 is 0. The van der Waals surface area contributed by atoms with Gasteiger partial charge in [-0.2, -0.15) is 0 Å². The zero-order valence-corrected chi connectivity index (χ0v) is 15.7. The first kappa shape index (κ1) is 22.2. The third kappa shape index (κ3) is 15.8. The van der Waals surface area contributed by atoms with Crippen LogP contribution in [0.25, 0.3) is 0 Å². The number of hydrogen-bond donors (Lipinski definition) is 0. The molecule has 0 saturated carbocycles. The summed E-state index contributed by atoms with van der Waals surface area (Å²) in [4.78, 5) is 11.0. The van der Waals surface area contributed by atoms with Crippen LogP contribution in [0, 0.1) is 0 Å². The quantitative estimate of drug-likeness (QED) is 0.203. The number of carbonyl (C=O) groups excluding carboxylic acids is 1. The van der Waals surface area contributed by atoms with Gasteiger partial charge in [0, 0.05) is 13.5 Å². The third-order valence-electron chi connectivity index (χ3n) is 4.18. The third-order valence-corrected chi connectivity index (χ3v) is 4.18. The Morgan fingerprint density at radius 1 is 0.826 bits per heavy atom. The molecule has 3 nitrogen and oxygen atoms in total. The van der Waals surface area contributed by atoms with Crippen molar-refractivity contribution in [2.45, 2.75) is 90.4 Å². The predicted molar refractivity (Wildman–Crippen MR) is 97.7 cm³/mol. The van der Waals surface area contributed by atoms with Crippen molar-refractivity contribution in [3.8, 4) is 0 Å². The monoisotopic (exact) mass is 326 g/mol. The highest BCUT2D eigenvalue weighted by atomic mass is 16.5. The minimum absolute atomic E-state index is 0.0915. The highest BCUT2D eigenvalue weighted by molar-refractivity contribution is 5.68. The van der Waals surface area contributed by atoms with Crippen LogP contribution in [-0.2, 0) is 14.3 Å². The Morgan fingerprint density at radius 2 is 1.43 bits per heavy atom. The lowest BCUT2D eigenvalue weighted by Crippen LogP contribution is -1.99. The van der Waals surface area contributed by atoms with E-state index in [9.17, 15) is 4.79 Å². The molecule has 0 aromatic rings. The fourth-order valence-corrected chi connectivity index (χ4v) is 2.73. The van der Waals surface area contributed by atoms with Crippen molar-refractivity contribution in [1.82, 2.24) is 0 Å². The van der Waals surface area contributed by atoms with Crippen LogP contribution in [0.3, 0.4) is 0 Å². The zero-order chi connectivity index (χ0) is 17.2. The number of methoxy groups -OCH3 is 2. The summed E-state index contributed by atoms with van der Waals surface area (Å²) < 4.78 is 9.96. The Hall–Kier alpha value is -0.830. The number of ether oxygens (including phenoxy) is 2. The van der Waals surface area contributed by atoms with Gasteiger partial charge in [-0.05, 0) is 37.7 Å². The van der Waals surface area contributed by atoms with E-state index in [1.807, 2.05) is 0 Å². The number of allylic oxidation sites excluding steroid dienone is 1. The summed E-state index contributed by atoms with van der Waals surface area (Å²) in [6.07, 6.45) is 17.7. The maximum Gasteiger partial charge on any atom is 0.305 e. The fraction of sp³-hybridized carbons (Fsp3) is 0.850. The van der Waals surface area contributed by atoms with E-state index in [2.05, 4.69) is 17.7 Å². The average molecular weight is 327 g/mol. The van der Waals surface area contributed by atoms with Crippen molar-refractivity contribution in [1.29, 1.82) is 0 Å². The van der Waals surface area contributed by atoms with Crippen molar-refractivity contribution in [2.24, 2.45) is 0 Å². The van der Waals surface area contributed by atoms with Gasteiger partial charge in [-0.3, -0.25) is 4.79 Å². The lowest BCUT2D eigenvalue weighted by molar-refractivity contribution is -0.140. The average Bonchev–Trinajstić information content (AvgIpc) is 2.56. The molecule has 0 bridgehead atoms. The highest BCUT2D eigenvalue weighted by Crippen LogP contribution is 2.14. The van der Waals surface area contributed by atoms with Gasteiger partial charge < -0.3 is 9.47 Å². The largest absolute Gasteiger partial charge is 0.469 e. The van der Waals surface area contributed by atoms with Gasteiger partial charge in [-0.15, -0.1) is 0 Å². The van der Waals surface area contributed by atoms with E-state index in [-0.39, 0.29) is 5.97 Å². The lowest BCUT2D eigenvalue weighted by Gasteiger charge is -2.07. The van der Waals surface area contributed by atoms with Crippen LogP contribution in [0.15, 0.2) is 11.6 Å². The van der Waals surface area contributed by atoms with Crippen LogP contribution < -0.4 is 0 Å². The van der Waals surface area contributed by atoms with Gasteiger partial charge in [0.1, 0.15) is 0 Å². The molecule has 0 fully saturated rings. The number of hydrogen-bond acceptors (Lipinski definition) is 3. The molecule has 3 heteroatoms. The first-order chi connectivity index (χ1) is 11.2. The molecular weight excluding hydrogens is 288 g/mol. The van der Waals surface area contributed by atoms with Gasteiger partial charge in [-0.1, -0.05) is 57.9 Å². The Morgan fingerprint density at radius 3 is 2.09 bits per heavy atom. The van der Waals surface area contributed by atoms with Gasteiger partial charge in [0.2, 0.25) is 0 Å². The van der Waals surface area contributed by atoms with Gasteiger partial charge in [0.25, 0.3) is 0 Å². The van der Waals surface area contributed by atoms with Crippen LogP contribution in [-0.4, -0.2) is 26.8 Å². The summed E-state index contributed by atoms with van der Waals surface area (Å²) in [6.45, 7) is 3.03. The minimum atomic E-state index is -0.0915. The number of unbranched alkanes of at least 4 members (excludes halogenated alkanes) is 9. The number of rotatable bonds is 16. The first-order valence-electron chi connectivity index (χ1n) is 9.48. The first-order valence-corrected chi connectivity index (χ1v) is 9.48. The van der Waals surface area contributed by atoms with Crippen molar-refractivity contribution in [2.75, 3.05) is 20.8 Å². The molecular formula is C20H38O3. The summed E-state index contributed by atoms with van der Waals surface area (Å²) in [6, 6.07) is 0. The Bertz CT molecular complexity index is 297. The maximum atomic E-state index is 11.0. The second-order valence-electron chi connectivity index (χ2n) is 6.34. The standard InChI is InChI=1S/C20H38O3/c1-4-5-6-7-9-12-15-19(18-22-2)16-13-10-8-11-14-17-20(21)23-3/h16H,4-15,17-18H2,1-3H3. The molecule has 0 aliphatic rings. The van der Waals surface area contributed by atoms with E-state index in [0.717, 1.165) is 25.9 Å². The summed E-state index contributed by atoms with van der Waals surface area (Å²) in [5, 5.41) is 0. The van der Waals surface area contributed by atoms with Crippen LogP contribution in [0.2, 0.25) is 0 Å². The normalized spacial score (nSPS) is 11.7. The van der Waals surface area contributed by atoms with Crippen LogP contribution in [0.1, 0.15) is 90.4 Å². The molecule has 0 aromatic carbocycles. The molecule has 0 N–H and O–H groups in total. The predicted octanol–water partition coefficient (Wildman–Crippen LogP) is 5.82. The Balaban J connectivity index is 3.66. The van der Waals surface area contributed by atoms with Crippen LogP contribution in [0.4, 0.5) is 0 Å². The van der Waals surface area contributed by atoms with E-state index in [4.69, 9.17) is 4.74 Å². The molecule has 136 valence electrons. The molecule has 0 unspecified atom stereocenters. The van der Waals surface area contributed by atoms with Gasteiger partial charge in [0.15, 0.2) is 0 Å². The Labute approximate surface area is 143 Å². The van der Waals surface area contributed by atoms with E-state index in [1.165, 1.54) is 70.5 Å². The summed E-state index contributed by atoms with van der Waals surface area (Å²) in [7, 11) is 3.23. The van der Waals surface area contributed by atoms with E-state index >= 15 is 0 Å². The van der Waals surface area contributed by atoms with Crippen molar-refractivity contribution < 1.29 is 14.3 Å². The topological polar surface area (TPSA) is 35.5 Å². The number of esters is 1. The molecule has 0 rings (SSSR count). The maximum absolute atomic E-state index is 11.0. The minimum Gasteiger partial charge on any atom is -0.469 e. The van der Waals surface area contributed by atoms with Crippen LogP contribution >= 0.6 is 0 Å². The van der Waals surface area contributed by atoms with E-state index in [0.29, 0.717) is 6.42 Å². The second kappa shape index (κ2) is 17.5. The fourth-order valence-electron chi connectivity index (χ4n) is 2.73. The molecule has 0 radical (unpaired) electrons. The molecule has 23 heavy (non-hydrogen) atoms. The van der Waals surface area contributed by atoms with Gasteiger partial charge in [0.05, 0.1) is 13.7 Å². The molecule has 0 atom stereocenters. The SMILES string of the molecule is CCCCCCCCC(=CCCCCCCC(=O)OC)COC. The smallest absolute Gasteiger partial charge is 0.305 e. The summed E-state index contributed by atoms with van der Waals surface area (Å²) in [5.74, 6) is -0.0915. The van der Waals surface area contributed by atoms with Crippen molar-refractivity contribution in [3.63, 3.8) is 0 Å². The molecule has 0 heterocycles. The lowest BCUT2D eigenvalue weighted by atomic mass is 10.0. The molecule has 0 aromatic heterocycles. The molecule has 0 saturated heterocycles.